The lowest BCUT2D eigenvalue weighted by atomic mass is 10.3. The molecule has 2 heterocycles. The highest BCUT2D eigenvalue weighted by molar-refractivity contribution is 7.15. The SMILES string of the molecule is CCc1nnc(NC(=O)c2c(N)cnn2CC)s1. The van der Waals surface area contributed by atoms with Crippen molar-refractivity contribution in [2.24, 2.45) is 0 Å². The maximum atomic E-state index is 12.1. The number of aryl methyl sites for hydroxylation is 2. The molecule has 0 unspecified atom stereocenters. The van der Waals surface area contributed by atoms with Crippen LogP contribution >= 0.6 is 11.3 Å². The van der Waals surface area contributed by atoms with E-state index in [1.165, 1.54) is 17.5 Å². The average Bonchev–Trinajstić information content (AvgIpc) is 2.95. The Morgan fingerprint density at radius 3 is 2.89 bits per heavy atom. The standard InChI is InChI=1S/C10H14N6OS/c1-3-7-14-15-10(18-7)13-9(17)8-6(11)5-12-16(8)4-2/h5H,3-4,11H2,1-2H3,(H,13,15,17). The molecule has 0 saturated carbocycles. The van der Waals surface area contributed by atoms with Crippen LogP contribution in [-0.2, 0) is 13.0 Å². The third-order valence-corrected chi connectivity index (χ3v) is 3.36. The van der Waals surface area contributed by atoms with Crippen LogP contribution in [0, 0.1) is 0 Å². The van der Waals surface area contributed by atoms with Gasteiger partial charge < -0.3 is 5.73 Å². The van der Waals surface area contributed by atoms with Crippen LogP contribution in [0.4, 0.5) is 10.8 Å². The normalized spacial score (nSPS) is 10.6. The molecule has 7 nitrogen and oxygen atoms in total. The molecule has 0 radical (unpaired) electrons. The molecule has 0 aliphatic carbocycles. The summed E-state index contributed by atoms with van der Waals surface area (Å²) in [5, 5.41) is 15.9. The van der Waals surface area contributed by atoms with Crippen molar-refractivity contribution in [3.63, 3.8) is 0 Å². The van der Waals surface area contributed by atoms with Gasteiger partial charge in [0.15, 0.2) is 0 Å². The molecule has 3 N–H and O–H groups in total. The molecular weight excluding hydrogens is 252 g/mol. The largest absolute Gasteiger partial charge is 0.396 e. The molecule has 2 rings (SSSR count). The van der Waals surface area contributed by atoms with Crippen molar-refractivity contribution in [3.8, 4) is 0 Å². The summed E-state index contributed by atoms with van der Waals surface area (Å²) in [6, 6.07) is 0. The Morgan fingerprint density at radius 2 is 2.28 bits per heavy atom. The minimum atomic E-state index is -0.314. The van der Waals surface area contributed by atoms with Crippen LogP contribution in [0.15, 0.2) is 6.20 Å². The fourth-order valence-corrected chi connectivity index (χ4v) is 2.17. The fourth-order valence-electron chi connectivity index (χ4n) is 1.49. The van der Waals surface area contributed by atoms with Gasteiger partial charge in [0.25, 0.3) is 5.91 Å². The summed E-state index contributed by atoms with van der Waals surface area (Å²) < 4.78 is 1.55. The molecule has 0 aromatic carbocycles. The van der Waals surface area contributed by atoms with Gasteiger partial charge in [0.2, 0.25) is 5.13 Å². The summed E-state index contributed by atoms with van der Waals surface area (Å²) in [4.78, 5) is 12.1. The first-order valence-corrected chi connectivity index (χ1v) is 6.42. The molecule has 0 aliphatic rings. The Hall–Kier alpha value is -1.96. The molecule has 8 heteroatoms. The molecular formula is C10H14N6OS. The average molecular weight is 266 g/mol. The number of nitrogens with two attached hydrogens (primary N) is 1. The van der Waals surface area contributed by atoms with Gasteiger partial charge in [-0.1, -0.05) is 18.3 Å². The van der Waals surface area contributed by atoms with E-state index in [9.17, 15) is 4.79 Å². The topological polar surface area (TPSA) is 98.7 Å². The van der Waals surface area contributed by atoms with E-state index in [2.05, 4.69) is 20.6 Å². The molecule has 2 aromatic rings. The van der Waals surface area contributed by atoms with Crippen molar-refractivity contribution in [3.05, 3.63) is 16.9 Å². The molecule has 18 heavy (non-hydrogen) atoms. The Morgan fingerprint density at radius 1 is 1.50 bits per heavy atom. The van der Waals surface area contributed by atoms with Crippen molar-refractivity contribution in [2.75, 3.05) is 11.1 Å². The minimum absolute atomic E-state index is 0.314. The summed E-state index contributed by atoms with van der Waals surface area (Å²) in [5.74, 6) is -0.314. The van der Waals surface area contributed by atoms with Crippen molar-refractivity contribution < 1.29 is 4.79 Å². The van der Waals surface area contributed by atoms with E-state index < -0.39 is 0 Å². The number of anilines is 2. The maximum Gasteiger partial charge on any atom is 0.277 e. The van der Waals surface area contributed by atoms with Gasteiger partial charge in [0, 0.05) is 6.54 Å². The molecule has 0 aliphatic heterocycles. The van der Waals surface area contributed by atoms with Gasteiger partial charge in [-0.3, -0.25) is 14.8 Å². The van der Waals surface area contributed by atoms with Crippen molar-refractivity contribution in [1.29, 1.82) is 0 Å². The highest BCUT2D eigenvalue weighted by Gasteiger charge is 2.17. The van der Waals surface area contributed by atoms with E-state index in [4.69, 9.17) is 5.73 Å². The smallest absolute Gasteiger partial charge is 0.277 e. The van der Waals surface area contributed by atoms with Gasteiger partial charge in [0.05, 0.1) is 11.9 Å². The number of rotatable bonds is 4. The molecule has 0 bridgehead atoms. The molecule has 0 saturated heterocycles. The van der Waals surface area contributed by atoms with E-state index in [0.29, 0.717) is 23.1 Å². The molecule has 0 fully saturated rings. The first kappa shape index (κ1) is 12.5. The number of nitrogen functional groups attached to an aromatic ring is 1. The number of amides is 1. The second-order valence-electron chi connectivity index (χ2n) is 3.57. The number of carbonyl (C=O) groups excluding carboxylic acids is 1. The third-order valence-electron chi connectivity index (χ3n) is 2.37. The number of nitrogens with one attached hydrogen (secondary N) is 1. The van der Waals surface area contributed by atoms with Crippen LogP contribution in [0.2, 0.25) is 0 Å². The lowest BCUT2D eigenvalue weighted by Crippen LogP contribution is -2.18. The zero-order chi connectivity index (χ0) is 13.1. The monoisotopic (exact) mass is 266 g/mol. The van der Waals surface area contributed by atoms with Gasteiger partial charge in [0.1, 0.15) is 10.7 Å². The molecule has 1 amide bonds. The van der Waals surface area contributed by atoms with Crippen LogP contribution in [0.3, 0.4) is 0 Å². The Balaban J connectivity index is 2.18. The highest BCUT2D eigenvalue weighted by atomic mass is 32.1. The van der Waals surface area contributed by atoms with E-state index in [1.807, 2.05) is 13.8 Å². The van der Waals surface area contributed by atoms with Gasteiger partial charge in [-0.2, -0.15) is 5.10 Å². The van der Waals surface area contributed by atoms with Crippen molar-refractivity contribution >= 4 is 28.1 Å². The number of hydrogen-bond acceptors (Lipinski definition) is 6. The quantitative estimate of drug-likeness (QED) is 0.865. The predicted octanol–water partition coefficient (Wildman–Crippen LogP) is 1.15. The predicted molar refractivity (Wildman–Crippen MR) is 69.6 cm³/mol. The fraction of sp³-hybridized carbons (Fsp3) is 0.400. The first-order valence-electron chi connectivity index (χ1n) is 5.60. The van der Waals surface area contributed by atoms with E-state index in [0.717, 1.165) is 11.4 Å². The molecule has 0 spiro atoms. The van der Waals surface area contributed by atoms with E-state index in [-0.39, 0.29) is 5.91 Å². The summed E-state index contributed by atoms with van der Waals surface area (Å²) >= 11 is 1.35. The summed E-state index contributed by atoms with van der Waals surface area (Å²) in [6.07, 6.45) is 2.26. The lowest BCUT2D eigenvalue weighted by molar-refractivity contribution is 0.101. The zero-order valence-electron chi connectivity index (χ0n) is 10.2. The Labute approximate surface area is 108 Å². The van der Waals surface area contributed by atoms with Crippen LogP contribution in [0.1, 0.15) is 29.3 Å². The summed E-state index contributed by atoms with van der Waals surface area (Å²) in [5.41, 5.74) is 6.43. The van der Waals surface area contributed by atoms with Crippen molar-refractivity contribution in [1.82, 2.24) is 20.0 Å². The van der Waals surface area contributed by atoms with Crippen LogP contribution < -0.4 is 11.1 Å². The Kier molecular flexibility index (Phi) is 3.56. The second kappa shape index (κ2) is 5.13. The lowest BCUT2D eigenvalue weighted by Gasteiger charge is -2.04. The van der Waals surface area contributed by atoms with E-state index in [1.54, 1.807) is 4.68 Å². The number of carbonyl (C=O) groups is 1. The number of nitrogens with zero attached hydrogens (tertiary/aromatic N) is 4. The Bertz CT molecular complexity index is 560. The number of hydrogen-bond donors (Lipinski definition) is 2. The molecule has 96 valence electrons. The third kappa shape index (κ3) is 2.33. The van der Waals surface area contributed by atoms with Gasteiger partial charge in [-0.25, -0.2) is 0 Å². The van der Waals surface area contributed by atoms with Crippen molar-refractivity contribution in [2.45, 2.75) is 26.8 Å². The summed E-state index contributed by atoms with van der Waals surface area (Å²) in [7, 11) is 0. The first-order chi connectivity index (χ1) is 8.65. The zero-order valence-corrected chi connectivity index (χ0v) is 11.0. The highest BCUT2D eigenvalue weighted by Crippen LogP contribution is 2.18. The molecule has 0 atom stereocenters. The van der Waals surface area contributed by atoms with Crippen LogP contribution in [-0.4, -0.2) is 25.9 Å². The van der Waals surface area contributed by atoms with Crippen LogP contribution in [0.25, 0.3) is 0 Å². The number of aromatic nitrogens is 4. The minimum Gasteiger partial charge on any atom is -0.396 e. The summed E-state index contributed by atoms with van der Waals surface area (Å²) in [6.45, 7) is 4.45. The molecule has 2 aromatic heterocycles. The maximum absolute atomic E-state index is 12.1. The second-order valence-corrected chi connectivity index (χ2v) is 4.63. The van der Waals surface area contributed by atoms with Gasteiger partial charge in [-0.15, -0.1) is 10.2 Å². The van der Waals surface area contributed by atoms with Gasteiger partial charge in [-0.05, 0) is 13.3 Å². The van der Waals surface area contributed by atoms with E-state index >= 15 is 0 Å². The van der Waals surface area contributed by atoms with Gasteiger partial charge >= 0.3 is 0 Å². The van der Waals surface area contributed by atoms with Crippen LogP contribution in [0.5, 0.6) is 0 Å².